The molecule has 6 nitrogen and oxygen atoms in total. The summed E-state index contributed by atoms with van der Waals surface area (Å²) < 4.78 is 34.7. The van der Waals surface area contributed by atoms with Crippen LogP contribution in [-0.4, -0.2) is 48.4 Å². The summed E-state index contributed by atoms with van der Waals surface area (Å²) in [4.78, 5) is 12.5. The van der Waals surface area contributed by atoms with Crippen LogP contribution in [0, 0.1) is 5.92 Å². The number of hydrazine groups is 1. The van der Waals surface area contributed by atoms with E-state index < -0.39 is 15.6 Å². The molecule has 7 heteroatoms. The van der Waals surface area contributed by atoms with Gasteiger partial charge in [-0.3, -0.25) is 4.79 Å². The highest BCUT2D eigenvalue weighted by molar-refractivity contribution is 7.89. The van der Waals surface area contributed by atoms with Gasteiger partial charge < -0.3 is 4.74 Å². The van der Waals surface area contributed by atoms with Crippen molar-refractivity contribution in [2.24, 2.45) is 5.92 Å². The number of hydrogen-bond acceptors (Lipinski definition) is 5. The summed E-state index contributed by atoms with van der Waals surface area (Å²) in [6.07, 6.45) is 5.64. The van der Waals surface area contributed by atoms with Crippen LogP contribution < -0.4 is 4.74 Å². The fourth-order valence-electron chi connectivity index (χ4n) is 4.73. The lowest BCUT2D eigenvalue weighted by molar-refractivity contribution is -0.0225. The summed E-state index contributed by atoms with van der Waals surface area (Å²) in [6, 6.07) is 16.3. The molecular formula is C27H36N2O4S. The minimum absolute atomic E-state index is 0.153. The number of carbonyl (C=O) groups excluding carboxylic acids is 1. The predicted octanol–water partition coefficient (Wildman–Crippen LogP) is 5.31. The molecule has 0 N–H and O–H groups in total. The molecule has 1 atom stereocenters. The van der Waals surface area contributed by atoms with Crippen molar-refractivity contribution in [1.29, 1.82) is 0 Å². The quantitative estimate of drug-likeness (QED) is 0.338. The lowest BCUT2D eigenvalue weighted by atomic mass is 10.1. The molecule has 0 bridgehead atoms. The van der Waals surface area contributed by atoms with E-state index in [0.29, 0.717) is 11.5 Å². The SMILES string of the molecule is CC(C)(C)N(N1CCC[C@@H]1CCCOc1ccc(C(=O)C2CC2)cc1)S(=O)(=O)c1ccccc1. The molecule has 2 fully saturated rings. The van der Waals surface area contributed by atoms with Crippen LogP contribution in [0.3, 0.4) is 0 Å². The first kappa shape index (κ1) is 24.9. The third-order valence-corrected chi connectivity index (χ3v) is 8.54. The molecule has 4 rings (SSSR count). The first-order chi connectivity index (χ1) is 16.2. The van der Waals surface area contributed by atoms with Crippen LogP contribution in [-0.2, 0) is 10.0 Å². The molecular weight excluding hydrogens is 448 g/mol. The molecule has 0 radical (unpaired) electrons. The van der Waals surface area contributed by atoms with Crippen LogP contribution in [0.1, 0.15) is 69.7 Å². The second-order valence-corrected chi connectivity index (χ2v) is 12.1. The fourth-order valence-corrected chi connectivity index (χ4v) is 6.65. The Bertz CT molecular complexity index is 1070. The number of carbonyl (C=O) groups is 1. The smallest absolute Gasteiger partial charge is 0.256 e. The summed E-state index contributed by atoms with van der Waals surface area (Å²) in [5.74, 6) is 1.22. The molecule has 2 aromatic rings. The van der Waals surface area contributed by atoms with Gasteiger partial charge in [-0.05, 0) is 95.7 Å². The van der Waals surface area contributed by atoms with E-state index in [0.717, 1.165) is 56.4 Å². The van der Waals surface area contributed by atoms with Gasteiger partial charge in [0, 0.05) is 29.6 Å². The highest BCUT2D eigenvalue weighted by atomic mass is 32.2. The second kappa shape index (κ2) is 10.2. The normalized spacial score (nSPS) is 19.5. The largest absolute Gasteiger partial charge is 0.494 e. The van der Waals surface area contributed by atoms with E-state index >= 15 is 0 Å². The Morgan fingerprint density at radius 2 is 1.71 bits per heavy atom. The Morgan fingerprint density at radius 1 is 1.03 bits per heavy atom. The maximum absolute atomic E-state index is 13.6. The zero-order valence-electron chi connectivity index (χ0n) is 20.4. The molecule has 1 saturated heterocycles. The van der Waals surface area contributed by atoms with Crippen molar-refractivity contribution in [3.63, 3.8) is 0 Å². The third-order valence-electron chi connectivity index (χ3n) is 6.46. The first-order valence-corrected chi connectivity index (χ1v) is 13.8. The highest BCUT2D eigenvalue weighted by Gasteiger charge is 2.43. The van der Waals surface area contributed by atoms with E-state index in [-0.39, 0.29) is 17.7 Å². The average molecular weight is 485 g/mol. The topological polar surface area (TPSA) is 66.9 Å². The Labute approximate surface area is 203 Å². The van der Waals surface area contributed by atoms with Crippen LogP contribution >= 0.6 is 0 Å². The number of sulfonamides is 1. The van der Waals surface area contributed by atoms with Crippen LogP contribution in [0.4, 0.5) is 0 Å². The first-order valence-electron chi connectivity index (χ1n) is 12.3. The van der Waals surface area contributed by atoms with Gasteiger partial charge in [0.05, 0.1) is 11.5 Å². The molecule has 0 unspecified atom stereocenters. The zero-order chi connectivity index (χ0) is 24.3. The van der Waals surface area contributed by atoms with Gasteiger partial charge in [-0.2, -0.15) is 0 Å². The van der Waals surface area contributed by atoms with Gasteiger partial charge in [-0.25, -0.2) is 13.4 Å². The molecule has 2 aliphatic rings. The highest BCUT2D eigenvalue weighted by Crippen LogP contribution is 2.34. The molecule has 1 heterocycles. The van der Waals surface area contributed by atoms with Gasteiger partial charge in [0.2, 0.25) is 0 Å². The van der Waals surface area contributed by atoms with Gasteiger partial charge in [-0.15, -0.1) is 4.41 Å². The molecule has 184 valence electrons. The van der Waals surface area contributed by atoms with Crippen molar-refractivity contribution >= 4 is 15.8 Å². The molecule has 0 amide bonds. The molecule has 0 aromatic heterocycles. The monoisotopic (exact) mass is 484 g/mol. The van der Waals surface area contributed by atoms with Gasteiger partial charge in [0.15, 0.2) is 5.78 Å². The molecule has 1 aliphatic carbocycles. The number of benzene rings is 2. The molecule has 1 aliphatic heterocycles. The summed E-state index contributed by atoms with van der Waals surface area (Å²) >= 11 is 0. The number of hydrogen-bond donors (Lipinski definition) is 0. The zero-order valence-corrected chi connectivity index (χ0v) is 21.3. The van der Waals surface area contributed by atoms with Crippen molar-refractivity contribution < 1.29 is 17.9 Å². The second-order valence-electron chi connectivity index (χ2n) is 10.3. The van der Waals surface area contributed by atoms with Gasteiger partial charge in [-0.1, -0.05) is 18.2 Å². The Balaban J connectivity index is 1.36. The Morgan fingerprint density at radius 3 is 2.32 bits per heavy atom. The fraction of sp³-hybridized carbons (Fsp3) is 0.519. The van der Waals surface area contributed by atoms with E-state index in [4.69, 9.17) is 4.74 Å². The molecule has 34 heavy (non-hydrogen) atoms. The average Bonchev–Trinajstić information content (AvgIpc) is 3.57. The summed E-state index contributed by atoms with van der Waals surface area (Å²) in [5.41, 5.74) is 0.186. The number of ether oxygens (including phenoxy) is 1. The Kier molecular flexibility index (Phi) is 7.45. The molecule has 1 saturated carbocycles. The van der Waals surface area contributed by atoms with E-state index in [9.17, 15) is 13.2 Å². The van der Waals surface area contributed by atoms with Crippen LogP contribution in [0.5, 0.6) is 5.75 Å². The van der Waals surface area contributed by atoms with Crippen molar-refractivity contribution in [3.8, 4) is 5.75 Å². The van der Waals surface area contributed by atoms with E-state index in [1.165, 1.54) is 0 Å². The predicted molar refractivity (Wildman–Crippen MR) is 133 cm³/mol. The minimum Gasteiger partial charge on any atom is -0.494 e. The van der Waals surface area contributed by atoms with Crippen molar-refractivity contribution in [3.05, 3.63) is 60.2 Å². The van der Waals surface area contributed by atoms with Crippen LogP contribution in [0.2, 0.25) is 0 Å². The lowest BCUT2D eigenvalue weighted by Crippen LogP contribution is -2.57. The van der Waals surface area contributed by atoms with E-state index in [2.05, 4.69) is 5.01 Å². The maximum Gasteiger partial charge on any atom is 0.256 e. The molecule has 2 aromatic carbocycles. The summed E-state index contributed by atoms with van der Waals surface area (Å²) in [7, 11) is -3.66. The summed E-state index contributed by atoms with van der Waals surface area (Å²) in [5, 5.41) is 2.06. The van der Waals surface area contributed by atoms with E-state index in [1.54, 1.807) is 28.7 Å². The lowest BCUT2D eigenvalue weighted by Gasteiger charge is -2.43. The standard InChI is InChI=1S/C27H36N2O4S/c1-27(2,3)29(34(31,32)25-11-5-4-6-12-25)28-19-7-9-23(28)10-8-20-33-24-17-15-22(16-18-24)26(30)21-13-14-21/h4-6,11-12,15-18,21,23H,7-10,13-14,19-20H2,1-3H3/t23-/m1/s1. The molecule has 0 spiro atoms. The minimum atomic E-state index is -3.66. The number of ketones is 1. The summed E-state index contributed by atoms with van der Waals surface area (Å²) in [6.45, 7) is 7.13. The van der Waals surface area contributed by atoms with E-state index in [1.807, 2.05) is 51.1 Å². The van der Waals surface area contributed by atoms with Crippen molar-refractivity contribution in [2.75, 3.05) is 13.2 Å². The van der Waals surface area contributed by atoms with Gasteiger partial charge in [0.1, 0.15) is 5.75 Å². The number of rotatable bonds is 10. The van der Waals surface area contributed by atoms with Gasteiger partial charge in [0.25, 0.3) is 10.0 Å². The number of nitrogens with zero attached hydrogens (tertiary/aromatic N) is 2. The van der Waals surface area contributed by atoms with Crippen LogP contribution in [0.25, 0.3) is 0 Å². The van der Waals surface area contributed by atoms with Crippen molar-refractivity contribution in [1.82, 2.24) is 9.42 Å². The Hall–Kier alpha value is -2.22. The van der Waals surface area contributed by atoms with Gasteiger partial charge >= 0.3 is 0 Å². The maximum atomic E-state index is 13.6. The number of Topliss-reactive ketones (excluding diaryl/α,β-unsaturated/α-hetero) is 1. The third kappa shape index (κ3) is 5.70. The van der Waals surface area contributed by atoms with Crippen molar-refractivity contribution in [2.45, 2.75) is 75.8 Å². The van der Waals surface area contributed by atoms with Crippen LogP contribution in [0.15, 0.2) is 59.5 Å².